The zero-order chi connectivity index (χ0) is 44.1. The smallest absolute Gasteiger partial charge is 0.146 e. The maximum atomic E-state index is 7.03. The summed E-state index contributed by atoms with van der Waals surface area (Å²) in [6, 6.07) is 82.0. The second-order valence-corrected chi connectivity index (χ2v) is 17.3. The average molecular weight is 858 g/mol. The van der Waals surface area contributed by atoms with E-state index < -0.39 is 5.41 Å². The number of rotatable bonds is 6. The Balaban J connectivity index is 0.993. The first kappa shape index (κ1) is 37.4. The van der Waals surface area contributed by atoms with Crippen LogP contribution < -0.4 is 9.64 Å². The molecule has 5 heterocycles. The summed E-state index contributed by atoms with van der Waals surface area (Å²) < 4.78 is 11.8. The number of ether oxygens (including phenoxy) is 1. The van der Waals surface area contributed by atoms with Gasteiger partial charge in [0.25, 0.3) is 0 Å². The molecule has 0 unspecified atom stereocenters. The van der Waals surface area contributed by atoms with E-state index >= 15 is 0 Å². The minimum absolute atomic E-state index is 0.630. The topological polar surface area (TPSA) is 47.6 Å². The number of aromatic nitrogens is 4. The summed E-state index contributed by atoms with van der Waals surface area (Å²) >= 11 is 0. The minimum atomic E-state index is -0.630. The molecular formula is C61H39N5O. The third-order valence-electron chi connectivity index (χ3n) is 13.8. The van der Waals surface area contributed by atoms with Gasteiger partial charge < -0.3 is 9.30 Å². The molecule has 0 bridgehead atoms. The normalized spacial score (nSPS) is 13.2. The lowest BCUT2D eigenvalue weighted by atomic mass is 9.62. The summed E-state index contributed by atoms with van der Waals surface area (Å²) in [7, 11) is 0. The molecule has 67 heavy (non-hydrogen) atoms. The van der Waals surface area contributed by atoms with E-state index in [1.165, 1.54) is 27.5 Å². The van der Waals surface area contributed by atoms with Gasteiger partial charge >= 0.3 is 0 Å². The fraction of sp³-hybridized carbons (Fsp3) is 0.0164. The van der Waals surface area contributed by atoms with Crippen LogP contribution in [0.1, 0.15) is 22.3 Å². The van der Waals surface area contributed by atoms with Gasteiger partial charge in [-0.3, -0.25) is 9.30 Å². The summed E-state index contributed by atoms with van der Waals surface area (Å²) in [6.07, 6.45) is 1.86. The Labute approximate surface area is 385 Å². The Morgan fingerprint density at radius 3 is 1.87 bits per heavy atom. The van der Waals surface area contributed by atoms with Gasteiger partial charge in [-0.25, -0.2) is 9.97 Å². The molecule has 0 radical (unpaired) electrons. The number of nitrogens with zero attached hydrogens (tertiary/aromatic N) is 5. The highest BCUT2D eigenvalue weighted by Gasteiger charge is 2.46. The van der Waals surface area contributed by atoms with Gasteiger partial charge in [-0.2, -0.15) is 0 Å². The van der Waals surface area contributed by atoms with Crippen molar-refractivity contribution >= 4 is 77.4 Å². The monoisotopic (exact) mass is 857 g/mol. The van der Waals surface area contributed by atoms with Crippen molar-refractivity contribution in [3.8, 4) is 17.2 Å². The zero-order valence-electron chi connectivity index (χ0n) is 36.2. The SMILES string of the molecule is c1ccc(-n2c3ccccc3c3c2ccc2c4ccc(Oc5ccc6c(c5)N(c5ccccn5)c5ccccc5C6(c5ccccc5)c5ccccc5)cc4c4nc5ccccc5n4c23)cc1. The number of pyridine rings is 2. The Morgan fingerprint density at radius 2 is 1.07 bits per heavy atom. The maximum Gasteiger partial charge on any atom is 0.146 e. The van der Waals surface area contributed by atoms with E-state index in [4.69, 9.17) is 14.7 Å². The van der Waals surface area contributed by atoms with Crippen LogP contribution in [0.4, 0.5) is 17.2 Å². The van der Waals surface area contributed by atoms with Gasteiger partial charge in [-0.05, 0) is 107 Å². The van der Waals surface area contributed by atoms with Crippen LogP contribution in [0.3, 0.4) is 0 Å². The standard InChI is InChI=1S/C61H39N5O/c1-4-18-40(19-5-1)61(41-20-6-2-7-21-41)49-25-11-14-28-53(49)65(57-30-16-17-37-62-57)56-39-44(32-35-50(56)61)67-43-31-33-45-46-34-36-55-58(47-24-10-13-27-52(47)64(55)42-22-8-3-9-23-42)59(46)66-54-29-15-12-26-51(54)63-60(66)48(45)38-43/h1-39H. The molecule has 0 aliphatic carbocycles. The number of para-hydroxylation sites is 5. The molecule has 4 aromatic heterocycles. The van der Waals surface area contributed by atoms with Crippen molar-refractivity contribution in [2.45, 2.75) is 5.41 Å². The van der Waals surface area contributed by atoms with Crippen LogP contribution in [-0.2, 0) is 5.41 Å². The van der Waals surface area contributed by atoms with E-state index in [0.29, 0.717) is 5.75 Å². The molecule has 13 aromatic rings. The predicted molar refractivity (Wildman–Crippen MR) is 273 cm³/mol. The highest BCUT2D eigenvalue weighted by atomic mass is 16.5. The third-order valence-corrected chi connectivity index (χ3v) is 13.8. The lowest BCUT2D eigenvalue weighted by molar-refractivity contribution is 0.483. The van der Waals surface area contributed by atoms with Crippen molar-refractivity contribution in [2.24, 2.45) is 0 Å². The first-order valence-electron chi connectivity index (χ1n) is 22.7. The van der Waals surface area contributed by atoms with Crippen LogP contribution in [0.25, 0.3) is 65.8 Å². The van der Waals surface area contributed by atoms with E-state index in [9.17, 15) is 0 Å². The molecule has 9 aromatic carbocycles. The zero-order valence-corrected chi connectivity index (χ0v) is 36.2. The van der Waals surface area contributed by atoms with Crippen LogP contribution in [0.2, 0.25) is 0 Å². The largest absolute Gasteiger partial charge is 0.457 e. The van der Waals surface area contributed by atoms with Crippen molar-refractivity contribution in [2.75, 3.05) is 4.90 Å². The van der Waals surface area contributed by atoms with E-state index in [1.54, 1.807) is 0 Å². The van der Waals surface area contributed by atoms with Crippen molar-refractivity contribution in [3.05, 3.63) is 259 Å². The van der Waals surface area contributed by atoms with Crippen molar-refractivity contribution in [1.29, 1.82) is 0 Å². The highest BCUT2D eigenvalue weighted by molar-refractivity contribution is 6.26. The molecule has 6 nitrogen and oxygen atoms in total. The van der Waals surface area contributed by atoms with Crippen LogP contribution >= 0.6 is 0 Å². The molecule has 0 saturated heterocycles. The van der Waals surface area contributed by atoms with Gasteiger partial charge in [0, 0.05) is 39.5 Å². The van der Waals surface area contributed by atoms with Crippen LogP contribution in [0.5, 0.6) is 11.5 Å². The van der Waals surface area contributed by atoms with Crippen LogP contribution in [0.15, 0.2) is 237 Å². The summed E-state index contributed by atoms with van der Waals surface area (Å²) in [5.74, 6) is 2.27. The average Bonchev–Trinajstić information content (AvgIpc) is 3.96. The number of benzene rings is 9. The quantitative estimate of drug-likeness (QED) is 0.156. The molecular weight excluding hydrogens is 819 g/mol. The second kappa shape index (κ2) is 14.5. The first-order valence-corrected chi connectivity index (χ1v) is 22.7. The van der Waals surface area contributed by atoms with E-state index in [1.807, 2.05) is 18.3 Å². The summed E-state index contributed by atoms with van der Waals surface area (Å²) in [5, 5.41) is 5.67. The predicted octanol–water partition coefficient (Wildman–Crippen LogP) is 15.2. The maximum absolute atomic E-state index is 7.03. The Kier molecular flexibility index (Phi) is 8.09. The molecule has 314 valence electrons. The number of hydrogen-bond donors (Lipinski definition) is 0. The number of fused-ring (bicyclic) bond motifs is 14. The molecule has 0 amide bonds. The summed E-state index contributed by atoms with van der Waals surface area (Å²) in [5.41, 5.74) is 13.6. The van der Waals surface area contributed by atoms with Crippen molar-refractivity contribution in [1.82, 2.24) is 18.9 Å². The summed E-state index contributed by atoms with van der Waals surface area (Å²) in [4.78, 5) is 12.6. The molecule has 6 heteroatoms. The first-order chi connectivity index (χ1) is 33.3. The molecule has 1 aliphatic heterocycles. The van der Waals surface area contributed by atoms with E-state index in [2.05, 4.69) is 232 Å². The van der Waals surface area contributed by atoms with Crippen LogP contribution in [-0.4, -0.2) is 18.9 Å². The molecule has 0 spiro atoms. The van der Waals surface area contributed by atoms with Gasteiger partial charge in [-0.15, -0.1) is 0 Å². The van der Waals surface area contributed by atoms with E-state index in [0.717, 1.165) is 83.6 Å². The lowest BCUT2D eigenvalue weighted by Gasteiger charge is -2.46. The Hall–Kier alpha value is -9.00. The molecule has 14 rings (SSSR count). The molecule has 0 atom stereocenters. The van der Waals surface area contributed by atoms with Gasteiger partial charge in [0.2, 0.25) is 0 Å². The van der Waals surface area contributed by atoms with Gasteiger partial charge in [-0.1, -0.05) is 146 Å². The van der Waals surface area contributed by atoms with Gasteiger partial charge in [0.1, 0.15) is 23.0 Å². The Morgan fingerprint density at radius 1 is 0.433 bits per heavy atom. The lowest BCUT2D eigenvalue weighted by Crippen LogP contribution is -2.37. The third kappa shape index (κ3) is 5.38. The van der Waals surface area contributed by atoms with E-state index in [-0.39, 0.29) is 0 Å². The molecule has 0 fully saturated rings. The second-order valence-electron chi connectivity index (χ2n) is 17.3. The summed E-state index contributed by atoms with van der Waals surface area (Å²) in [6.45, 7) is 0. The number of imidazole rings is 1. The van der Waals surface area contributed by atoms with Crippen molar-refractivity contribution in [3.63, 3.8) is 0 Å². The highest BCUT2D eigenvalue weighted by Crippen LogP contribution is 2.58. The van der Waals surface area contributed by atoms with Gasteiger partial charge in [0.15, 0.2) is 0 Å². The van der Waals surface area contributed by atoms with Crippen LogP contribution in [0, 0.1) is 0 Å². The Bertz CT molecular complexity index is 4030. The molecule has 0 N–H and O–H groups in total. The molecule has 0 saturated carbocycles. The van der Waals surface area contributed by atoms with Gasteiger partial charge in [0.05, 0.1) is 44.4 Å². The fourth-order valence-corrected chi connectivity index (χ4v) is 11.2. The number of hydrogen-bond acceptors (Lipinski definition) is 4. The minimum Gasteiger partial charge on any atom is -0.457 e. The fourth-order valence-electron chi connectivity index (χ4n) is 11.2. The number of anilines is 3. The molecule has 1 aliphatic rings. The van der Waals surface area contributed by atoms with Crippen molar-refractivity contribution < 1.29 is 4.74 Å².